The van der Waals surface area contributed by atoms with E-state index in [0.29, 0.717) is 6.54 Å². The SMILES string of the molecule is O=C(O)C1CN(Cc2cccnc2)C(=O)CN1. The lowest BCUT2D eigenvalue weighted by Crippen LogP contribution is -2.56. The molecule has 6 nitrogen and oxygen atoms in total. The first kappa shape index (κ1) is 11.5. The highest BCUT2D eigenvalue weighted by Gasteiger charge is 2.29. The van der Waals surface area contributed by atoms with E-state index in [2.05, 4.69) is 10.3 Å². The topological polar surface area (TPSA) is 82.5 Å². The molecule has 1 fully saturated rings. The molecule has 6 heteroatoms. The number of hydrogen-bond acceptors (Lipinski definition) is 4. The van der Waals surface area contributed by atoms with Crippen molar-refractivity contribution in [1.82, 2.24) is 15.2 Å². The summed E-state index contributed by atoms with van der Waals surface area (Å²) in [4.78, 5) is 28.0. The molecule has 1 atom stereocenters. The van der Waals surface area contributed by atoms with Gasteiger partial charge in [0, 0.05) is 25.5 Å². The van der Waals surface area contributed by atoms with Crippen molar-refractivity contribution >= 4 is 11.9 Å². The fourth-order valence-electron chi connectivity index (χ4n) is 1.74. The summed E-state index contributed by atoms with van der Waals surface area (Å²) < 4.78 is 0. The number of rotatable bonds is 3. The summed E-state index contributed by atoms with van der Waals surface area (Å²) in [5.41, 5.74) is 0.895. The molecule has 2 N–H and O–H groups in total. The van der Waals surface area contributed by atoms with Crippen molar-refractivity contribution in [2.45, 2.75) is 12.6 Å². The number of carbonyl (C=O) groups is 2. The van der Waals surface area contributed by atoms with E-state index in [1.165, 1.54) is 4.90 Å². The summed E-state index contributed by atoms with van der Waals surface area (Å²) in [6, 6.07) is 2.96. The fraction of sp³-hybridized carbons (Fsp3) is 0.364. The number of nitrogens with zero attached hydrogens (tertiary/aromatic N) is 2. The zero-order valence-electron chi connectivity index (χ0n) is 9.17. The number of piperazine rings is 1. The molecular weight excluding hydrogens is 222 g/mol. The maximum Gasteiger partial charge on any atom is 0.322 e. The van der Waals surface area contributed by atoms with Gasteiger partial charge in [-0.1, -0.05) is 6.07 Å². The minimum absolute atomic E-state index is 0.0667. The van der Waals surface area contributed by atoms with E-state index < -0.39 is 12.0 Å². The molecule has 0 radical (unpaired) electrons. The lowest BCUT2D eigenvalue weighted by molar-refractivity contribution is -0.144. The third-order valence-electron chi connectivity index (χ3n) is 2.65. The van der Waals surface area contributed by atoms with E-state index in [1.54, 1.807) is 18.5 Å². The number of hydrogen-bond donors (Lipinski definition) is 2. The molecule has 0 saturated carbocycles. The molecule has 1 aliphatic heterocycles. The molecule has 90 valence electrons. The maximum absolute atomic E-state index is 11.6. The second-order valence-electron chi connectivity index (χ2n) is 3.91. The summed E-state index contributed by atoms with van der Waals surface area (Å²) in [5.74, 6) is -1.03. The molecule has 2 rings (SSSR count). The number of pyridine rings is 1. The van der Waals surface area contributed by atoms with Crippen LogP contribution in [0.15, 0.2) is 24.5 Å². The smallest absolute Gasteiger partial charge is 0.322 e. The second kappa shape index (κ2) is 4.92. The predicted octanol–water partition coefficient (Wildman–Crippen LogP) is -0.533. The largest absolute Gasteiger partial charge is 0.480 e. The molecule has 1 aliphatic rings. The Bertz CT molecular complexity index is 421. The number of carbonyl (C=O) groups excluding carboxylic acids is 1. The Labute approximate surface area is 98.3 Å². The van der Waals surface area contributed by atoms with E-state index in [1.807, 2.05) is 6.07 Å². The highest BCUT2D eigenvalue weighted by molar-refractivity contribution is 5.83. The third kappa shape index (κ3) is 2.79. The van der Waals surface area contributed by atoms with Gasteiger partial charge in [-0.05, 0) is 11.6 Å². The average Bonchev–Trinajstić information content (AvgIpc) is 2.33. The van der Waals surface area contributed by atoms with Crippen LogP contribution in [0.1, 0.15) is 5.56 Å². The van der Waals surface area contributed by atoms with Crippen molar-refractivity contribution in [2.24, 2.45) is 0 Å². The Morgan fingerprint density at radius 2 is 2.47 bits per heavy atom. The van der Waals surface area contributed by atoms with Crippen LogP contribution in [0.4, 0.5) is 0 Å². The summed E-state index contributed by atoms with van der Waals surface area (Å²) in [5, 5.41) is 11.6. The monoisotopic (exact) mass is 235 g/mol. The molecule has 1 aromatic rings. The highest BCUT2D eigenvalue weighted by atomic mass is 16.4. The van der Waals surface area contributed by atoms with Crippen molar-refractivity contribution < 1.29 is 14.7 Å². The highest BCUT2D eigenvalue weighted by Crippen LogP contribution is 2.07. The van der Waals surface area contributed by atoms with Crippen LogP contribution in [0.25, 0.3) is 0 Å². The molecule has 1 aromatic heterocycles. The van der Waals surface area contributed by atoms with E-state index in [0.717, 1.165) is 5.56 Å². The van der Waals surface area contributed by atoms with Gasteiger partial charge in [0.15, 0.2) is 0 Å². The molecule has 2 heterocycles. The lowest BCUT2D eigenvalue weighted by atomic mass is 10.2. The van der Waals surface area contributed by atoms with Crippen LogP contribution in [0, 0.1) is 0 Å². The van der Waals surface area contributed by atoms with Crippen LogP contribution in [0.5, 0.6) is 0 Å². The molecule has 0 spiro atoms. The van der Waals surface area contributed by atoms with E-state index in [4.69, 9.17) is 5.11 Å². The van der Waals surface area contributed by atoms with Gasteiger partial charge >= 0.3 is 5.97 Å². The van der Waals surface area contributed by atoms with Crippen molar-refractivity contribution in [3.63, 3.8) is 0 Å². The number of nitrogens with one attached hydrogen (secondary N) is 1. The Hall–Kier alpha value is -1.95. The molecule has 17 heavy (non-hydrogen) atoms. The first-order valence-corrected chi connectivity index (χ1v) is 5.29. The summed E-state index contributed by atoms with van der Waals surface area (Å²) in [6.07, 6.45) is 3.33. The molecular formula is C11H13N3O3. The molecule has 0 aromatic carbocycles. The first-order chi connectivity index (χ1) is 8.16. The Morgan fingerprint density at radius 3 is 3.12 bits per heavy atom. The second-order valence-corrected chi connectivity index (χ2v) is 3.91. The van der Waals surface area contributed by atoms with Gasteiger partial charge in [-0.2, -0.15) is 0 Å². The van der Waals surface area contributed by atoms with Crippen molar-refractivity contribution in [1.29, 1.82) is 0 Å². The lowest BCUT2D eigenvalue weighted by Gasteiger charge is -2.31. The number of carboxylic acids is 1. The first-order valence-electron chi connectivity index (χ1n) is 5.29. The minimum atomic E-state index is -0.936. The third-order valence-corrected chi connectivity index (χ3v) is 2.65. The van der Waals surface area contributed by atoms with Crippen LogP contribution < -0.4 is 5.32 Å². The average molecular weight is 235 g/mol. The van der Waals surface area contributed by atoms with E-state index >= 15 is 0 Å². The number of carboxylic acid groups (broad SMARTS) is 1. The van der Waals surface area contributed by atoms with Crippen LogP contribution in [-0.4, -0.2) is 46.0 Å². The number of aromatic nitrogens is 1. The molecule has 1 unspecified atom stereocenters. The number of aliphatic carboxylic acids is 1. The van der Waals surface area contributed by atoms with Gasteiger partial charge in [0.05, 0.1) is 6.54 Å². The van der Waals surface area contributed by atoms with Crippen LogP contribution in [0.2, 0.25) is 0 Å². The van der Waals surface area contributed by atoms with E-state index in [-0.39, 0.29) is 19.0 Å². The molecule has 1 saturated heterocycles. The Kier molecular flexibility index (Phi) is 3.34. The molecule has 0 bridgehead atoms. The van der Waals surface area contributed by atoms with Crippen LogP contribution in [0.3, 0.4) is 0 Å². The molecule has 0 aliphatic carbocycles. The summed E-state index contributed by atoms with van der Waals surface area (Å²) >= 11 is 0. The van der Waals surface area contributed by atoms with Crippen molar-refractivity contribution in [3.05, 3.63) is 30.1 Å². The van der Waals surface area contributed by atoms with Gasteiger partial charge in [0.25, 0.3) is 0 Å². The standard InChI is InChI=1S/C11H13N3O3/c15-10-5-13-9(11(16)17)7-14(10)6-8-2-1-3-12-4-8/h1-4,9,13H,5-7H2,(H,16,17). The van der Waals surface area contributed by atoms with Crippen molar-refractivity contribution in [3.8, 4) is 0 Å². The van der Waals surface area contributed by atoms with Gasteiger partial charge in [0.2, 0.25) is 5.91 Å². The zero-order chi connectivity index (χ0) is 12.3. The predicted molar refractivity (Wildman–Crippen MR) is 59.1 cm³/mol. The summed E-state index contributed by atoms with van der Waals surface area (Å²) in [7, 11) is 0. The fourth-order valence-corrected chi connectivity index (χ4v) is 1.74. The number of amides is 1. The maximum atomic E-state index is 11.6. The van der Waals surface area contributed by atoms with Crippen molar-refractivity contribution in [2.75, 3.05) is 13.1 Å². The van der Waals surface area contributed by atoms with Gasteiger partial charge in [0.1, 0.15) is 6.04 Å². The van der Waals surface area contributed by atoms with Crippen LogP contribution >= 0.6 is 0 Å². The summed E-state index contributed by atoms with van der Waals surface area (Å²) in [6.45, 7) is 0.651. The van der Waals surface area contributed by atoms with E-state index in [9.17, 15) is 9.59 Å². The molecule has 1 amide bonds. The van der Waals surface area contributed by atoms with Gasteiger partial charge < -0.3 is 10.0 Å². The zero-order valence-corrected chi connectivity index (χ0v) is 9.17. The van der Waals surface area contributed by atoms with Gasteiger partial charge in [-0.25, -0.2) is 0 Å². The normalized spacial score (nSPS) is 20.4. The van der Waals surface area contributed by atoms with Crippen LogP contribution in [-0.2, 0) is 16.1 Å². The Balaban J connectivity index is 2.04. The Morgan fingerprint density at radius 1 is 1.65 bits per heavy atom. The van der Waals surface area contributed by atoms with Gasteiger partial charge in [-0.3, -0.25) is 19.9 Å². The quantitative estimate of drug-likeness (QED) is 0.735. The van der Waals surface area contributed by atoms with Gasteiger partial charge in [-0.15, -0.1) is 0 Å². The minimum Gasteiger partial charge on any atom is -0.480 e.